The molecule has 0 aromatic heterocycles. The second kappa shape index (κ2) is 14.9. The highest BCUT2D eigenvalue weighted by molar-refractivity contribution is 7.47. The molecule has 4 atom stereocenters. The highest BCUT2D eigenvalue weighted by Crippen LogP contribution is 2.54. The van der Waals surface area contributed by atoms with Gasteiger partial charge < -0.3 is 24.9 Å². The highest BCUT2D eigenvalue weighted by Gasteiger charge is 2.49. The Morgan fingerprint density at radius 2 is 0.848 bits per heavy atom. The molecule has 0 radical (unpaired) electrons. The van der Waals surface area contributed by atoms with Crippen molar-refractivity contribution >= 4 is 8.45 Å². The van der Waals surface area contributed by atoms with E-state index in [-0.39, 0.29) is 11.5 Å². The predicted octanol–water partition coefficient (Wildman–Crippen LogP) is 6.67. The number of aliphatic hydroxyl groups excluding tert-OH is 2. The third kappa shape index (κ3) is 7.76. The zero-order valence-electron chi connectivity index (χ0n) is 25.5. The summed E-state index contributed by atoms with van der Waals surface area (Å²) >= 11 is 0. The zero-order valence-corrected chi connectivity index (χ0v) is 26.4. The number of phenols is 2. The van der Waals surface area contributed by atoms with Gasteiger partial charge in [-0.25, -0.2) is 9.34 Å². The van der Waals surface area contributed by atoms with Gasteiger partial charge in [-0.05, 0) is 71.5 Å². The minimum Gasteiger partial charge on any atom is -0.508 e. The van der Waals surface area contributed by atoms with Crippen LogP contribution in [-0.2, 0) is 25.9 Å². The van der Waals surface area contributed by atoms with Crippen LogP contribution in [0.5, 0.6) is 17.2 Å². The maximum atomic E-state index is 12.2. The van der Waals surface area contributed by atoms with E-state index in [0.717, 1.165) is 22.3 Å². The molecular weight excluding hydrogens is 595 g/mol. The Hall–Kier alpha value is -4.23. The molecule has 5 aromatic carbocycles. The molecule has 1 aliphatic heterocycles. The molecule has 1 heterocycles. The van der Waals surface area contributed by atoms with Crippen LogP contribution in [-0.4, -0.2) is 54.1 Å². The largest absolute Gasteiger partial charge is 0.508 e. The van der Waals surface area contributed by atoms with E-state index >= 15 is 0 Å². The Bertz CT molecular complexity index is 1540. The molecule has 1 saturated heterocycles. The molecule has 1 fully saturated rings. The summed E-state index contributed by atoms with van der Waals surface area (Å²) in [7, 11) is -1.67. The van der Waals surface area contributed by atoms with Crippen molar-refractivity contribution in [3.63, 3.8) is 0 Å². The van der Waals surface area contributed by atoms with Gasteiger partial charge in [-0.15, -0.1) is 0 Å². The van der Waals surface area contributed by atoms with Crippen molar-refractivity contribution < 1.29 is 24.9 Å². The summed E-state index contributed by atoms with van der Waals surface area (Å²) in [5, 5.41) is 44.5. The van der Waals surface area contributed by atoms with Gasteiger partial charge >= 0.3 is 0 Å². The van der Waals surface area contributed by atoms with Gasteiger partial charge in [0.2, 0.25) is 8.45 Å². The Kier molecular flexibility index (Phi) is 10.3. The van der Waals surface area contributed by atoms with Gasteiger partial charge in [-0.2, -0.15) is 0 Å². The fraction of sp³-hybridized carbons (Fsp3) is 0.211. The van der Waals surface area contributed by atoms with Gasteiger partial charge in [-0.3, -0.25) is 0 Å². The van der Waals surface area contributed by atoms with Gasteiger partial charge in [0.25, 0.3) is 0 Å². The first-order valence-electron chi connectivity index (χ1n) is 15.5. The number of para-hydroxylation sites is 1. The molecule has 0 spiro atoms. The van der Waals surface area contributed by atoms with Gasteiger partial charge in [0, 0.05) is 13.1 Å². The average molecular weight is 635 g/mol. The van der Waals surface area contributed by atoms with Crippen molar-refractivity contribution in [1.29, 1.82) is 0 Å². The molecule has 236 valence electrons. The highest BCUT2D eigenvalue weighted by atomic mass is 31.2. The van der Waals surface area contributed by atoms with E-state index in [0.29, 0.717) is 31.7 Å². The summed E-state index contributed by atoms with van der Waals surface area (Å²) in [6.07, 6.45) is -1.25. The molecule has 0 bridgehead atoms. The molecule has 6 rings (SSSR count). The first-order valence-corrected chi connectivity index (χ1v) is 16.7. The predicted molar refractivity (Wildman–Crippen MR) is 181 cm³/mol. The van der Waals surface area contributed by atoms with Gasteiger partial charge in [0.1, 0.15) is 17.2 Å². The molecule has 0 aliphatic carbocycles. The number of aromatic hydroxyl groups is 2. The summed E-state index contributed by atoms with van der Waals surface area (Å²) in [5.74, 6) is 1.04. The fourth-order valence-corrected chi connectivity index (χ4v) is 8.31. The van der Waals surface area contributed by atoms with E-state index < -0.39 is 32.7 Å². The average Bonchev–Trinajstić information content (AvgIpc) is 3.15. The molecule has 8 heteroatoms. The number of hydrogen-bond acceptors (Lipinski definition) is 7. The lowest BCUT2D eigenvalue weighted by Gasteiger charge is -2.41. The quantitative estimate of drug-likeness (QED) is 0.128. The lowest BCUT2D eigenvalue weighted by Crippen LogP contribution is -2.50. The monoisotopic (exact) mass is 634 g/mol. The van der Waals surface area contributed by atoms with Crippen LogP contribution in [0.4, 0.5) is 0 Å². The Morgan fingerprint density at radius 1 is 0.478 bits per heavy atom. The van der Waals surface area contributed by atoms with E-state index in [1.807, 2.05) is 115 Å². The van der Waals surface area contributed by atoms with Crippen molar-refractivity contribution in [2.75, 3.05) is 0 Å². The number of aliphatic hydroxyl groups is 2. The van der Waals surface area contributed by atoms with Crippen LogP contribution in [0, 0.1) is 0 Å². The fourth-order valence-electron chi connectivity index (χ4n) is 5.99. The summed E-state index contributed by atoms with van der Waals surface area (Å²) in [4.78, 5) is 0. The SMILES string of the molecule is Oc1ccc(CN2[C@@H](Cc3ccccc3)[C@@H](O)[C@H](O)[C@H](Cc3ccccc3)N(Cc3ccc(O)cc3)P2Oc2ccccc2)cc1. The lowest BCUT2D eigenvalue weighted by molar-refractivity contribution is -0.0408. The molecule has 46 heavy (non-hydrogen) atoms. The third-order valence-electron chi connectivity index (χ3n) is 8.41. The van der Waals surface area contributed by atoms with Crippen molar-refractivity contribution in [2.24, 2.45) is 0 Å². The number of phenolic OH excluding ortho intramolecular Hbond substituents is 2. The minimum atomic E-state index is -1.67. The first-order chi connectivity index (χ1) is 22.4. The van der Waals surface area contributed by atoms with Crippen LogP contribution in [0.25, 0.3) is 0 Å². The van der Waals surface area contributed by atoms with E-state index in [1.54, 1.807) is 24.3 Å². The number of benzene rings is 5. The molecule has 0 amide bonds. The van der Waals surface area contributed by atoms with Gasteiger partial charge in [-0.1, -0.05) is 103 Å². The normalized spacial score (nSPS) is 22.3. The minimum absolute atomic E-state index is 0.176. The number of hydrogen-bond donors (Lipinski definition) is 4. The van der Waals surface area contributed by atoms with E-state index in [4.69, 9.17) is 4.52 Å². The molecule has 0 unspecified atom stereocenters. The van der Waals surface area contributed by atoms with Crippen molar-refractivity contribution in [3.05, 3.63) is 162 Å². The summed E-state index contributed by atoms with van der Waals surface area (Å²) in [6, 6.07) is 42.9. The maximum Gasteiger partial charge on any atom is 0.249 e. The second-order valence-electron chi connectivity index (χ2n) is 11.7. The maximum absolute atomic E-state index is 12.2. The summed E-state index contributed by atoms with van der Waals surface area (Å²) < 4.78 is 11.4. The van der Waals surface area contributed by atoms with Crippen LogP contribution >= 0.6 is 8.45 Å². The van der Waals surface area contributed by atoms with Crippen molar-refractivity contribution in [2.45, 2.75) is 50.2 Å². The van der Waals surface area contributed by atoms with Crippen molar-refractivity contribution in [1.82, 2.24) is 9.34 Å². The second-order valence-corrected chi connectivity index (χ2v) is 13.4. The molecule has 5 aromatic rings. The summed E-state index contributed by atoms with van der Waals surface area (Å²) in [5.41, 5.74) is 3.95. The first kappa shape index (κ1) is 31.7. The lowest BCUT2D eigenvalue weighted by atomic mass is 9.91. The molecule has 1 aliphatic rings. The van der Waals surface area contributed by atoms with Crippen LogP contribution in [0.1, 0.15) is 22.3 Å². The Labute approximate surface area is 271 Å². The number of rotatable bonds is 10. The summed E-state index contributed by atoms with van der Waals surface area (Å²) in [6.45, 7) is 0.814. The molecule has 0 saturated carbocycles. The van der Waals surface area contributed by atoms with E-state index in [1.165, 1.54) is 0 Å². The smallest absolute Gasteiger partial charge is 0.249 e. The van der Waals surface area contributed by atoms with E-state index in [2.05, 4.69) is 9.34 Å². The van der Waals surface area contributed by atoms with Crippen LogP contribution in [0.2, 0.25) is 0 Å². The third-order valence-corrected chi connectivity index (χ3v) is 10.5. The van der Waals surface area contributed by atoms with Crippen molar-refractivity contribution in [3.8, 4) is 17.2 Å². The van der Waals surface area contributed by atoms with E-state index in [9.17, 15) is 20.4 Å². The number of nitrogens with zero attached hydrogens (tertiary/aromatic N) is 2. The van der Waals surface area contributed by atoms with Crippen LogP contribution < -0.4 is 4.52 Å². The van der Waals surface area contributed by atoms with Gasteiger partial charge in [0.15, 0.2) is 0 Å². The van der Waals surface area contributed by atoms with Crippen LogP contribution in [0.3, 0.4) is 0 Å². The zero-order chi connectivity index (χ0) is 31.9. The van der Waals surface area contributed by atoms with Gasteiger partial charge in [0.05, 0.1) is 24.3 Å². The standard InChI is InChI=1S/C38H39N2O5P/c41-32-20-16-30(17-21-32)26-39-35(24-28-10-4-1-5-11-28)37(43)38(44)36(25-29-12-6-2-7-13-29)40(27-31-18-22-33(42)23-19-31)46(39)45-34-14-8-3-9-15-34/h1-23,35-38,41-44H,24-27H2/t35-,36-,37+,38+/m0/s1. The Balaban J connectivity index is 1.51. The topological polar surface area (TPSA) is 96.6 Å². The molecule has 7 nitrogen and oxygen atoms in total. The molecule has 4 N–H and O–H groups in total. The Morgan fingerprint density at radius 3 is 1.24 bits per heavy atom. The van der Waals surface area contributed by atoms with Crippen LogP contribution in [0.15, 0.2) is 140 Å². The molecular formula is C38H39N2O5P.